The third-order valence-electron chi connectivity index (χ3n) is 1.56. The van der Waals surface area contributed by atoms with Crippen molar-refractivity contribution in [3.8, 4) is 0 Å². The first kappa shape index (κ1) is 14.2. The van der Waals surface area contributed by atoms with Crippen LogP contribution in [-0.4, -0.2) is 25.9 Å². The molecule has 0 heterocycles. The van der Waals surface area contributed by atoms with Gasteiger partial charge in [0.1, 0.15) is 0 Å². The van der Waals surface area contributed by atoms with Gasteiger partial charge >= 0.3 is 15.5 Å². The summed E-state index contributed by atoms with van der Waals surface area (Å²) in [6, 6.07) is -1.30. The molecule has 0 aliphatic carbocycles. The number of hydrogen-bond acceptors (Lipinski definition) is 4. The number of nitrogens with two attached hydrogens (primary N) is 1. The quantitative estimate of drug-likeness (QED) is 0.732. The Morgan fingerprint density at radius 2 is 1.73 bits per heavy atom. The van der Waals surface area contributed by atoms with E-state index in [9.17, 15) is 26.4 Å². The molecule has 90 valence electrons. The Balaban J connectivity index is 4.71. The number of alkyl halides is 3. The zero-order chi connectivity index (χ0) is 12.4. The van der Waals surface area contributed by atoms with Gasteiger partial charge in [-0.3, -0.25) is 4.79 Å². The van der Waals surface area contributed by atoms with Crippen molar-refractivity contribution in [2.75, 3.05) is 0 Å². The lowest BCUT2D eigenvalue weighted by Gasteiger charge is -2.16. The van der Waals surface area contributed by atoms with E-state index >= 15 is 0 Å². The van der Waals surface area contributed by atoms with Gasteiger partial charge in [-0.15, -0.1) is 0 Å². The number of sulfonamides is 1. The van der Waals surface area contributed by atoms with Crippen molar-refractivity contribution in [2.24, 2.45) is 11.7 Å². The largest absolute Gasteiger partial charge is 0.516 e. The van der Waals surface area contributed by atoms with E-state index in [1.54, 1.807) is 0 Å². The summed E-state index contributed by atoms with van der Waals surface area (Å²) in [5.41, 5.74) is -0.348. The van der Waals surface area contributed by atoms with E-state index < -0.39 is 33.4 Å². The van der Waals surface area contributed by atoms with Crippen LogP contribution in [0.15, 0.2) is 0 Å². The molecule has 1 amide bonds. The van der Waals surface area contributed by atoms with E-state index in [1.807, 2.05) is 0 Å². The van der Waals surface area contributed by atoms with Crippen molar-refractivity contribution in [3.63, 3.8) is 0 Å². The summed E-state index contributed by atoms with van der Waals surface area (Å²) in [5, 5.41) is 0. The molecule has 0 aromatic carbocycles. The van der Waals surface area contributed by atoms with Crippen molar-refractivity contribution in [3.05, 3.63) is 0 Å². The van der Waals surface area contributed by atoms with Crippen molar-refractivity contribution in [1.29, 1.82) is 0 Å². The van der Waals surface area contributed by atoms with Gasteiger partial charge in [0.25, 0.3) is 5.91 Å². The van der Waals surface area contributed by atoms with Gasteiger partial charge in [-0.1, -0.05) is 13.8 Å². The summed E-state index contributed by atoms with van der Waals surface area (Å²) in [6.45, 7) is 2.95. The Bertz CT molecular complexity index is 336. The van der Waals surface area contributed by atoms with Crippen LogP contribution in [-0.2, 0) is 14.8 Å². The lowest BCUT2D eigenvalue weighted by atomic mass is 10.1. The molecule has 0 saturated heterocycles. The third kappa shape index (κ3) is 3.67. The summed E-state index contributed by atoms with van der Waals surface area (Å²) in [5.74, 6) is -1.84. The van der Waals surface area contributed by atoms with Crippen LogP contribution in [0.1, 0.15) is 13.8 Å². The van der Waals surface area contributed by atoms with Crippen LogP contribution in [0, 0.1) is 5.92 Å². The first-order chi connectivity index (χ1) is 6.49. The summed E-state index contributed by atoms with van der Waals surface area (Å²) >= 11 is 0. The molecule has 0 fully saturated rings. The average Bonchev–Trinajstić information content (AvgIpc) is 1.99. The molecular weight excluding hydrogens is 237 g/mol. The number of halogens is 3. The van der Waals surface area contributed by atoms with Gasteiger partial charge in [0.05, 0.1) is 6.04 Å². The molecule has 5 nitrogen and oxygen atoms in total. The van der Waals surface area contributed by atoms with Gasteiger partial charge in [-0.25, -0.2) is 4.72 Å². The second-order valence-corrected chi connectivity index (χ2v) is 4.86. The third-order valence-corrected chi connectivity index (χ3v) is 2.64. The summed E-state index contributed by atoms with van der Waals surface area (Å²) in [7, 11) is -5.66. The van der Waals surface area contributed by atoms with Crippen LogP contribution in [0.2, 0.25) is 0 Å². The smallest absolute Gasteiger partial charge is 0.320 e. The molecule has 3 N–H and O–H groups in total. The van der Waals surface area contributed by atoms with Crippen LogP contribution in [0.3, 0.4) is 0 Å². The van der Waals surface area contributed by atoms with Gasteiger partial charge in [-0.05, 0) is 5.92 Å². The molecule has 0 spiro atoms. The van der Waals surface area contributed by atoms with Crippen molar-refractivity contribution >= 4 is 15.9 Å². The fraction of sp³-hybridized carbons (Fsp3) is 0.833. The Morgan fingerprint density at radius 3 is 2.00 bits per heavy atom. The number of nitrogens with one attached hydrogen (secondary N) is 1. The fourth-order valence-corrected chi connectivity index (χ4v) is 1.08. The maximum atomic E-state index is 11.8. The Morgan fingerprint density at radius 1 is 1.33 bits per heavy atom. The molecule has 0 aliphatic heterocycles. The molecular formula is C6H11F3N2O3S. The highest BCUT2D eigenvalue weighted by molar-refractivity contribution is 7.90. The van der Waals surface area contributed by atoms with E-state index in [0.29, 0.717) is 0 Å². The van der Waals surface area contributed by atoms with Crippen molar-refractivity contribution in [2.45, 2.75) is 25.4 Å². The molecule has 0 aliphatic rings. The molecule has 0 aromatic heterocycles. The van der Waals surface area contributed by atoms with Gasteiger partial charge in [0, 0.05) is 0 Å². The van der Waals surface area contributed by atoms with Gasteiger partial charge in [0.15, 0.2) is 0 Å². The van der Waals surface area contributed by atoms with Crippen molar-refractivity contribution in [1.82, 2.24) is 4.72 Å². The summed E-state index contributed by atoms with van der Waals surface area (Å²) < 4.78 is 57.3. The second-order valence-electron chi connectivity index (χ2n) is 3.19. The minimum Gasteiger partial charge on any atom is -0.320 e. The zero-order valence-electron chi connectivity index (χ0n) is 8.00. The molecule has 0 bridgehead atoms. The lowest BCUT2D eigenvalue weighted by molar-refractivity contribution is -0.122. The van der Waals surface area contributed by atoms with Gasteiger partial charge < -0.3 is 5.73 Å². The fourth-order valence-electron chi connectivity index (χ4n) is 0.561. The summed E-state index contributed by atoms with van der Waals surface area (Å²) in [4.78, 5) is 10.9. The number of amides is 1. The maximum Gasteiger partial charge on any atom is 0.516 e. The molecule has 9 heteroatoms. The van der Waals surface area contributed by atoms with Gasteiger partial charge in [-0.2, -0.15) is 21.6 Å². The van der Waals surface area contributed by atoms with E-state index in [-0.39, 0.29) is 0 Å². The van der Waals surface area contributed by atoms with E-state index in [1.165, 1.54) is 13.8 Å². The Kier molecular flexibility index (Phi) is 4.11. The maximum absolute atomic E-state index is 11.8. The van der Waals surface area contributed by atoms with Gasteiger partial charge in [0.2, 0.25) is 0 Å². The highest BCUT2D eigenvalue weighted by atomic mass is 32.2. The molecule has 1 atom stereocenters. The zero-order valence-corrected chi connectivity index (χ0v) is 8.82. The normalized spacial score (nSPS) is 15.1. The van der Waals surface area contributed by atoms with Crippen LogP contribution >= 0.6 is 0 Å². The predicted octanol–water partition coefficient (Wildman–Crippen LogP) is -0.0645. The Hall–Kier alpha value is -0.830. The molecule has 15 heavy (non-hydrogen) atoms. The van der Waals surface area contributed by atoms with Crippen LogP contribution in [0.25, 0.3) is 0 Å². The first-order valence-corrected chi connectivity index (χ1v) is 5.36. The van der Waals surface area contributed by atoms with E-state index in [4.69, 9.17) is 5.73 Å². The molecule has 0 aromatic rings. The topological polar surface area (TPSA) is 89.3 Å². The molecule has 0 unspecified atom stereocenters. The number of carbonyl (C=O) groups excluding carboxylic acids is 1. The predicted molar refractivity (Wildman–Crippen MR) is 45.9 cm³/mol. The highest BCUT2D eigenvalue weighted by Crippen LogP contribution is 2.21. The van der Waals surface area contributed by atoms with Crippen LogP contribution < -0.4 is 10.5 Å². The van der Waals surface area contributed by atoms with E-state index in [2.05, 4.69) is 0 Å². The number of rotatable bonds is 3. The van der Waals surface area contributed by atoms with Crippen LogP contribution in [0.4, 0.5) is 13.2 Å². The SMILES string of the molecule is CC(C)[C@H](N)C(=O)NS(=O)(=O)C(F)(F)F. The monoisotopic (exact) mass is 248 g/mol. The number of hydrogen-bond donors (Lipinski definition) is 2. The molecule has 0 saturated carbocycles. The summed E-state index contributed by atoms with van der Waals surface area (Å²) in [6.07, 6.45) is 0. The molecule has 0 rings (SSSR count). The molecule has 0 radical (unpaired) electrons. The second kappa shape index (κ2) is 4.35. The minimum atomic E-state index is -5.66. The Labute approximate surface area is 84.9 Å². The van der Waals surface area contributed by atoms with E-state index in [0.717, 1.165) is 4.72 Å². The highest BCUT2D eigenvalue weighted by Gasteiger charge is 2.47. The first-order valence-electron chi connectivity index (χ1n) is 3.87. The average molecular weight is 248 g/mol. The minimum absolute atomic E-state index is 0.464. The standard InChI is InChI=1S/C6H11F3N2O3S/c1-3(2)4(10)5(12)11-15(13,14)6(7,8)9/h3-4H,10H2,1-2H3,(H,11,12)/t4-/m0/s1. The van der Waals surface area contributed by atoms with Crippen molar-refractivity contribution < 1.29 is 26.4 Å². The lowest BCUT2D eigenvalue weighted by Crippen LogP contribution is -2.49. The number of carbonyl (C=O) groups is 1. The van der Waals surface area contributed by atoms with Crippen LogP contribution in [0.5, 0.6) is 0 Å².